The molecule has 1 aliphatic rings. The molecule has 2 rings (SSSR count). The summed E-state index contributed by atoms with van der Waals surface area (Å²) in [4.78, 5) is -0.213. The largest absolute Gasteiger partial charge is 0.316 e. The van der Waals surface area contributed by atoms with Crippen molar-refractivity contribution >= 4 is 21.6 Å². The lowest BCUT2D eigenvalue weighted by Crippen LogP contribution is -2.44. The Bertz CT molecular complexity index is 574. The highest BCUT2D eigenvalue weighted by molar-refractivity contribution is 7.89. The van der Waals surface area contributed by atoms with E-state index in [0.29, 0.717) is 0 Å². The van der Waals surface area contributed by atoms with Crippen LogP contribution in [0.1, 0.15) is 19.8 Å². The number of rotatable bonds is 4. The van der Waals surface area contributed by atoms with E-state index in [-0.39, 0.29) is 21.9 Å². The topological polar surface area (TPSA) is 58.2 Å². The summed E-state index contributed by atoms with van der Waals surface area (Å²) < 4.78 is 40.4. The maximum Gasteiger partial charge on any atom is 0.242 e. The number of hydrogen-bond donors (Lipinski definition) is 2. The van der Waals surface area contributed by atoms with Crippen molar-refractivity contribution < 1.29 is 12.8 Å². The summed E-state index contributed by atoms with van der Waals surface area (Å²) in [6.45, 7) is 3.56. The molecule has 0 saturated carbocycles. The van der Waals surface area contributed by atoms with Crippen LogP contribution in [0.5, 0.6) is 0 Å². The van der Waals surface area contributed by atoms with Crippen LogP contribution < -0.4 is 10.0 Å². The first kappa shape index (κ1) is 15.7. The number of hydrogen-bond acceptors (Lipinski definition) is 3. The summed E-state index contributed by atoms with van der Waals surface area (Å²) in [5.74, 6) is -0.396. The minimum atomic E-state index is -3.81. The number of halogens is 2. The van der Waals surface area contributed by atoms with E-state index in [1.54, 1.807) is 0 Å². The molecular formula is C13H18ClFN2O2S. The number of piperidine rings is 1. The van der Waals surface area contributed by atoms with Crippen molar-refractivity contribution in [2.24, 2.45) is 5.92 Å². The predicted molar refractivity (Wildman–Crippen MR) is 76.8 cm³/mol. The maximum absolute atomic E-state index is 13.2. The van der Waals surface area contributed by atoms with Gasteiger partial charge in [-0.15, -0.1) is 0 Å². The van der Waals surface area contributed by atoms with Crippen LogP contribution in [0.15, 0.2) is 23.1 Å². The monoisotopic (exact) mass is 320 g/mol. The van der Waals surface area contributed by atoms with E-state index in [1.165, 1.54) is 6.07 Å². The van der Waals surface area contributed by atoms with E-state index in [2.05, 4.69) is 10.0 Å². The summed E-state index contributed by atoms with van der Waals surface area (Å²) >= 11 is 5.85. The molecule has 0 radical (unpaired) electrons. The Morgan fingerprint density at radius 3 is 2.90 bits per heavy atom. The van der Waals surface area contributed by atoms with Crippen LogP contribution in [0.2, 0.25) is 5.02 Å². The fourth-order valence-electron chi connectivity index (χ4n) is 2.39. The van der Waals surface area contributed by atoms with Gasteiger partial charge in [0.1, 0.15) is 10.7 Å². The van der Waals surface area contributed by atoms with Gasteiger partial charge in [0, 0.05) is 6.04 Å². The summed E-state index contributed by atoms with van der Waals surface area (Å²) in [5, 5.41) is 3.26. The zero-order valence-corrected chi connectivity index (χ0v) is 12.8. The second kappa shape index (κ2) is 6.39. The van der Waals surface area contributed by atoms with Crippen LogP contribution in [0, 0.1) is 11.7 Å². The first-order chi connectivity index (χ1) is 9.40. The summed E-state index contributed by atoms with van der Waals surface area (Å²) in [7, 11) is -3.81. The van der Waals surface area contributed by atoms with E-state index < -0.39 is 15.8 Å². The molecule has 20 heavy (non-hydrogen) atoms. The van der Waals surface area contributed by atoms with Crippen molar-refractivity contribution in [2.45, 2.75) is 30.7 Å². The van der Waals surface area contributed by atoms with Gasteiger partial charge in [-0.1, -0.05) is 11.6 Å². The third-order valence-electron chi connectivity index (χ3n) is 3.57. The van der Waals surface area contributed by atoms with Crippen molar-refractivity contribution in [1.82, 2.24) is 10.0 Å². The van der Waals surface area contributed by atoms with Gasteiger partial charge in [0.25, 0.3) is 0 Å². The van der Waals surface area contributed by atoms with Gasteiger partial charge in [0.2, 0.25) is 10.0 Å². The van der Waals surface area contributed by atoms with Gasteiger partial charge in [0.15, 0.2) is 0 Å². The fourth-order valence-corrected chi connectivity index (χ4v) is 4.22. The normalized spacial score (nSPS) is 21.6. The van der Waals surface area contributed by atoms with Gasteiger partial charge in [0.05, 0.1) is 5.02 Å². The molecule has 1 fully saturated rings. The van der Waals surface area contributed by atoms with Gasteiger partial charge in [-0.25, -0.2) is 17.5 Å². The number of benzene rings is 1. The van der Waals surface area contributed by atoms with E-state index in [0.717, 1.165) is 38.1 Å². The summed E-state index contributed by atoms with van der Waals surface area (Å²) in [5.41, 5.74) is 0. The Labute approximate surface area is 123 Å². The van der Waals surface area contributed by atoms with Gasteiger partial charge in [-0.2, -0.15) is 0 Å². The summed E-state index contributed by atoms with van der Waals surface area (Å²) in [6.07, 6.45) is 1.99. The van der Waals surface area contributed by atoms with Crippen LogP contribution in [0.3, 0.4) is 0 Å². The fraction of sp³-hybridized carbons (Fsp3) is 0.538. The molecule has 0 spiro atoms. The molecular weight excluding hydrogens is 303 g/mol. The Balaban J connectivity index is 2.16. The van der Waals surface area contributed by atoms with Crippen LogP contribution >= 0.6 is 11.6 Å². The molecule has 1 aromatic carbocycles. The minimum Gasteiger partial charge on any atom is -0.316 e. The zero-order valence-electron chi connectivity index (χ0n) is 11.2. The molecule has 7 heteroatoms. The Kier molecular flexibility index (Phi) is 5.01. The van der Waals surface area contributed by atoms with Gasteiger partial charge < -0.3 is 5.32 Å². The lowest BCUT2D eigenvalue weighted by atomic mass is 9.94. The van der Waals surface area contributed by atoms with Crippen LogP contribution in [-0.4, -0.2) is 27.5 Å². The second-order valence-electron chi connectivity index (χ2n) is 5.09. The van der Waals surface area contributed by atoms with Crippen LogP contribution in [0.25, 0.3) is 0 Å². The molecule has 1 aromatic rings. The summed E-state index contributed by atoms with van der Waals surface area (Å²) in [6, 6.07) is 3.09. The van der Waals surface area contributed by atoms with Gasteiger partial charge in [-0.05, 0) is 57.0 Å². The SMILES string of the molecule is CC(NS(=O)(=O)c1cc(F)ccc1Cl)C1CCCNC1. The average Bonchev–Trinajstić information content (AvgIpc) is 2.42. The molecule has 1 saturated heterocycles. The van der Waals surface area contributed by atoms with Crippen LogP contribution in [-0.2, 0) is 10.0 Å². The number of sulfonamides is 1. The average molecular weight is 321 g/mol. The molecule has 2 N–H and O–H groups in total. The van der Waals surface area contributed by atoms with Gasteiger partial charge >= 0.3 is 0 Å². The zero-order chi connectivity index (χ0) is 14.8. The molecule has 1 aliphatic heterocycles. The first-order valence-electron chi connectivity index (χ1n) is 6.58. The van der Waals surface area contributed by atoms with E-state index in [4.69, 9.17) is 11.6 Å². The van der Waals surface area contributed by atoms with E-state index in [1.807, 2.05) is 6.92 Å². The molecule has 0 aliphatic carbocycles. The third-order valence-corrected chi connectivity index (χ3v) is 5.61. The molecule has 0 aromatic heterocycles. The van der Waals surface area contributed by atoms with E-state index in [9.17, 15) is 12.8 Å². The highest BCUT2D eigenvalue weighted by atomic mass is 35.5. The molecule has 0 bridgehead atoms. The Morgan fingerprint density at radius 2 is 2.25 bits per heavy atom. The number of nitrogens with one attached hydrogen (secondary N) is 2. The molecule has 112 valence electrons. The lowest BCUT2D eigenvalue weighted by Gasteiger charge is -2.28. The highest BCUT2D eigenvalue weighted by Gasteiger charge is 2.26. The Hall–Kier alpha value is -0.690. The highest BCUT2D eigenvalue weighted by Crippen LogP contribution is 2.23. The predicted octanol–water partition coefficient (Wildman–Crippen LogP) is 2.15. The van der Waals surface area contributed by atoms with Crippen molar-refractivity contribution in [2.75, 3.05) is 13.1 Å². The van der Waals surface area contributed by atoms with Crippen LogP contribution in [0.4, 0.5) is 4.39 Å². The van der Waals surface area contributed by atoms with Crippen molar-refractivity contribution in [3.63, 3.8) is 0 Å². The standard InChI is InChI=1S/C13H18ClFN2O2S/c1-9(10-3-2-6-16-8-10)17-20(18,19)13-7-11(15)4-5-12(13)14/h4-5,7,9-10,16-17H,2-3,6,8H2,1H3. The quantitative estimate of drug-likeness (QED) is 0.893. The molecule has 2 unspecified atom stereocenters. The molecule has 1 heterocycles. The second-order valence-corrected chi connectivity index (χ2v) is 7.18. The lowest BCUT2D eigenvalue weighted by molar-refractivity contribution is 0.320. The third kappa shape index (κ3) is 3.69. The van der Waals surface area contributed by atoms with Crippen molar-refractivity contribution in [1.29, 1.82) is 0 Å². The van der Waals surface area contributed by atoms with Crippen molar-refractivity contribution in [3.05, 3.63) is 29.0 Å². The van der Waals surface area contributed by atoms with Gasteiger partial charge in [-0.3, -0.25) is 0 Å². The maximum atomic E-state index is 13.2. The smallest absolute Gasteiger partial charge is 0.242 e. The molecule has 2 atom stereocenters. The van der Waals surface area contributed by atoms with Crippen molar-refractivity contribution in [3.8, 4) is 0 Å². The molecule has 0 amide bonds. The molecule has 4 nitrogen and oxygen atoms in total. The van der Waals surface area contributed by atoms with E-state index >= 15 is 0 Å². The Morgan fingerprint density at radius 1 is 1.50 bits per heavy atom. The first-order valence-corrected chi connectivity index (χ1v) is 8.44. The minimum absolute atomic E-state index is 0.0212.